The highest BCUT2D eigenvalue weighted by molar-refractivity contribution is 5.17. The lowest BCUT2D eigenvalue weighted by Gasteiger charge is -1.96. The molecule has 0 aliphatic rings. The second-order valence-corrected chi connectivity index (χ2v) is 3.47. The molecule has 0 amide bonds. The van der Waals surface area contributed by atoms with Crippen molar-refractivity contribution in [3.05, 3.63) is 23.7 Å². The summed E-state index contributed by atoms with van der Waals surface area (Å²) in [6.45, 7) is 2.92. The Morgan fingerprint density at radius 3 is 2.88 bits per heavy atom. The molecule has 0 saturated carbocycles. The van der Waals surface area contributed by atoms with Crippen molar-refractivity contribution in [2.45, 2.75) is 26.3 Å². The van der Waals surface area contributed by atoms with Gasteiger partial charge in [-0.15, -0.1) is 5.10 Å². The maximum atomic E-state index is 5.43. The number of hydrogen-bond donors (Lipinski definition) is 2. The van der Waals surface area contributed by atoms with Crippen LogP contribution in [0.2, 0.25) is 0 Å². The van der Waals surface area contributed by atoms with Crippen LogP contribution in [0.5, 0.6) is 0 Å². The van der Waals surface area contributed by atoms with E-state index in [0.717, 1.165) is 12.2 Å². The molecule has 17 heavy (non-hydrogen) atoms. The third-order valence-electron chi connectivity index (χ3n) is 2.17. The van der Waals surface area contributed by atoms with Crippen molar-refractivity contribution in [2.75, 3.05) is 11.9 Å². The molecule has 0 unspecified atom stereocenters. The molecule has 0 spiro atoms. The molecular weight excluding hydrogens is 222 g/mol. The van der Waals surface area contributed by atoms with Crippen LogP contribution >= 0.6 is 0 Å². The molecule has 0 aliphatic carbocycles. The van der Waals surface area contributed by atoms with Gasteiger partial charge in [-0.3, -0.25) is 0 Å². The minimum atomic E-state index is 0.352. The van der Waals surface area contributed by atoms with E-state index in [0.29, 0.717) is 37.3 Å². The molecule has 0 saturated heterocycles. The van der Waals surface area contributed by atoms with Crippen LogP contribution in [-0.2, 0) is 19.4 Å². The number of hydrogen-bond acceptors (Lipinski definition) is 7. The van der Waals surface area contributed by atoms with Gasteiger partial charge in [-0.2, -0.15) is 0 Å². The number of nitrogens with one attached hydrogen (secondary N) is 1. The van der Waals surface area contributed by atoms with Crippen molar-refractivity contribution in [1.29, 1.82) is 0 Å². The van der Waals surface area contributed by atoms with Crippen molar-refractivity contribution in [2.24, 2.45) is 5.73 Å². The number of rotatable bonds is 6. The molecule has 0 radical (unpaired) electrons. The van der Waals surface area contributed by atoms with E-state index in [2.05, 4.69) is 20.5 Å². The van der Waals surface area contributed by atoms with E-state index < -0.39 is 0 Å². The average molecular weight is 237 g/mol. The summed E-state index contributed by atoms with van der Waals surface area (Å²) in [4.78, 5) is 4.11. The highest BCUT2D eigenvalue weighted by Crippen LogP contribution is 2.09. The van der Waals surface area contributed by atoms with E-state index in [1.165, 1.54) is 0 Å². The van der Waals surface area contributed by atoms with E-state index in [-0.39, 0.29) is 0 Å². The van der Waals surface area contributed by atoms with Crippen LogP contribution in [-0.4, -0.2) is 21.7 Å². The Morgan fingerprint density at radius 2 is 2.18 bits per heavy atom. The zero-order chi connectivity index (χ0) is 12.1. The van der Waals surface area contributed by atoms with Crippen LogP contribution in [0.25, 0.3) is 0 Å². The topological polar surface area (TPSA) is 103 Å². The molecule has 92 valence electrons. The summed E-state index contributed by atoms with van der Waals surface area (Å²) in [5.41, 5.74) is 5.38. The Balaban J connectivity index is 1.88. The van der Waals surface area contributed by atoms with E-state index in [4.69, 9.17) is 14.6 Å². The lowest BCUT2D eigenvalue weighted by Crippen LogP contribution is -2.02. The first kappa shape index (κ1) is 11.6. The van der Waals surface area contributed by atoms with Gasteiger partial charge in [0.1, 0.15) is 5.76 Å². The number of nitrogens with two attached hydrogens (primary N) is 1. The van der Waals surface area contributed by atoms with E-state index in [1.54, 1.807) is 6.20 Å². The molecular formula is C10H15N5O2. The summed E-state index contributed by atoms with van der Waals surface area (Å²) in [5, 5.41) is 10.6. The highest BCUT2D eigenvalue weighted by atomic mass is 16.4. The fourth-order valence-corrected chi connectivity index (χ4v) is 1.29. The van der Waals surface area contributed by atoms with Gasteiger partial charge in [0, 0.05) is 19.4 Å². The lowest BCUT2D eigenvalue weighted by molar-refractivity contribution is 0.459. The van der Waals surface area contributed by atoms with Crippen molar-refractivity contribution in [3.63, 3.8) is 0 Å². The van der Waals surface area contributed by atoms with Crippen LogP contribution in [0.3, 0.4) is 0 Å². The summed E-state index contributed by atoms with van der Waals surface area (Å²) in [5.74, 6) is 1.98. The maximum absolute atomic E-state index is 5.43. The van der Waals surface area contributed by atoms with Crippen molar-refractivity contribution in [1.82, 2.24) is 15.2 Å². The van der Waals surface area contributed by atoms with E-state index in [1.807, 2.05) is 6.92 Å². The Kier molecular flexibility index (Phi) is 3.71. The average Bonchev–Trinajstić information content (AvgIpc) is 2.95. The Bertz CT molecular complexity index is 465. The number of anilines is 1. The van der Waals surface area contributed by atoms with Gasteiger partial charge in [-0.1, -0.05) is 12.0 Å². The first-order valence-electron chi connectivity index (χ1n) is 5.51. The van der Waals surface area contributed by atoms with Crippen molar-refractivity contribution < 1.29 is 8.83 Å². The first-order chi connectivity index (χ1) is 8.31. The predicted octanol–water partition coefficient (Wildman–Crippen LogP) is 0.733. The number of aromatic nitrogens is 3. The highest BCUT2D eigenvalue weighted by Gasteiger charge is 2.07. The summed E-state index contributed by atoms with van der Waals surface area (Å²) < 4.78 is 10.7. The first-order valence-corrected chi connectivity index (χ1v) is 5.51. The minimum absolute atomic E-state index is 0.352. The van der Waals surface area contributed by atoms with Gasteiger partial charge in [-0.25, -0.2) is 4.98 Å². The molecule has 2 aromatic rings. The largest absolute Gasteiger partial charge is 0.444 e. The smallest absolute Gasteiger partial charge is 0.315 e. The molecule has 0 fully saturated rings. The summed E-state index contributed by atoms with van der Waals surface area (Å²) in [6, 6.07) is 0.352. The van der Waals surface area contributed by atoms with E-state index >= 15 is 0 Å². The summed E-state index contributed by atoms with van der Waals surface area (Å²) >= 11 is 0. The van der Waals surface area contributed by atoms with Crippen LogP contribution in [0, 0.1) is 0 Å². The molecule has 3 N–H and O–H groups in total. The van der Waals surface area contributed by atoms with Gasteiger partial charge in [-0.05, 0) is 0 Å². The van der Waals surface area contributed by atoms with Crippen LogP contribution in [0.4, 0.5) is 6.01 Å². The molecule has 7 nitrogen and oxygen atoms in total. The van der Waals surface area contributed by atoms with Gasteiger partial charge in [0.05, 0.1) is 12.7 Å². The van der Waals surface area contributed by atoms with Gasteiger partial charge in [0.25, 0.3) is 0 Å². The fraction of sp³-hybridized carbons (Fsp3) is 0.500. The molecule has 0 aliphatic heterocycles. The van der Waals surface area contributed by atoms with Gasteiger partial charge in [0.2, 0.25) is 11.8 Å². The molecule has 2 aromatic heterocycles. The Labute approximate surface area is 98.4 Å². The SMILES string of the molecule is CCc1cnc(CNc2nnc(CCN)o2)o1. The molecule has 7 heteroatoms. The monoisotopic (exact) mass is 237 g/mol. The van der Waals surface area contributed by atoms with Gasteiger partial charge >= 0.3 is 6.01 Å². The van der Waals surface area contributed by atoms with Crippen molar-refractivity contribution >= 4 is 6.01 Å². The fourth-order valence-electron chi connectivity index (χ4n) is 1.29. The van der Waals surface area contributed by atoms with Crippen molar-refractivity contribution in [3.8, 4) is 0 Å². The third kappa shape index (κ3) is 3.04. The zero-order valence-electron chi connectivity index (χ0n) is 9.64. The van der Waals surface area contributed by atoms with Crippen LogP contribution in [0.15, 0.2) is 15.0 Å². The molecule has 2 heterocycles. The van der Waals surface area contributed by atoms with Gasteiger partial charge < -0.3 is 19.9 Å². The summed E-state index contributed by atoms with van der Waals surface area (Å²) in [7, 11) is 0. The second kappa shape index (κ2) is 5.44. The Morgan fingerprint density at radius 1 is 1.29 bits per heavy atom. The number of nitrogens with zero attached hydrogens (tertiary/aromatic N) is 3. The summed E-state index contributed by atoms with van der Waals surface area (Å²) in [6.07, 6.45) is 3.12. The maximum Gasteiger partial charge on any atom is 0.315 e. The van der Waals surface area contributed by atoms with Crippen LogP contribution in [0.1, 0.15) is 24.5 Å². The second-order valence-electron chi connectivity index (χ2n) is 3.47. The molecule has 2 rings (SSSR count). The predicted molar refractivity (Wildman–Crippen MR) is 60.3 cm³/mol. The lowest BCUT2D eigenvalue weighted by atomic mass is 10.4. The normalized spacial score (nSPS) is 10.7. The van der Waals surface area contributed by atoms with Gasteiger partial charge in [0.15, 0.2) is 0 Å². The van der Waals surface area contributed by atoms with Crippen LogP contribution < -0.4 is 11.1 Å². The molecule has 0 atom stereocenters. The van der Waals surface area contributed by atoms with E-state index in [9.17, 15) is 0 Å². The molecule has 0 bridgehead atoms. The Hall–Kier alpha value is -1.89. The third-order valence-corrected chi connectivity index (χ3v) is 2.17. The number of aryl methyl sites for hydroxylation is 1. The quantitative estimate of drug-likeness (QED) is 0.763. The number of oxazole rings is 1. The minimum Gasteiger partial charge on any atom is -0.444 e. The zero-order valence-corrected chi connectivity index (χ0v) is 9.64. The standard InChI is InChI=1S/C10H15N5O2/c1-2-7-5-12-9(16-7)6-13-10-15-14-8(17-10)3-4-11/h5H,2-4,6,11H2,1H3,(H,13,15). The molecule has 0 aromatic carbocycles.